The summed E-state index contributed by atoms with van der Waals surface area (Å²) in [5, 5.41) is 2.51. The van der Waals surface area contributed by atoms with Crippen LogP contribution in [0, 0.1) is 0 Å². The topological polar surface area (TPSA) is 14.2 Å². The Morgan fingerprint density at radius 3 is 1.63 bits per heavy atom. The lowest BCUT2D eigenvalue weighted by Gasteiger charge is -2.40. The van der Waals surface area contributed by atoms with Crippen molar-refractivity contribution in [2.24, 2.45) is 0 Å². The third-order valence-corrected chi connectivity index (χ3v) is 11.1. The highest BCUT2D eigenvalue weighted by molar-refractivity contribution is 6.16. The van der Waals surface area contributed by atoms with Gasteiger partial charge in [0.15, 0.2) is 0 Å². The van der Waals surface area contributed by atoms with Crippen molar-refractivity contribution >= 4 is 21.8 Å². The zero-order chi connectivity index (χ0) is 33.5. The SMILES string of the molecule is c1ccc(-c2ccc3c(c2)C2(c4cc(-c5ccccc5)ccc4O3)c3ccccc3-c3c2ccc2c4ccccc4n(-c4ccccc4)c32)cc1. The van der Waals surface area contributed by atoms with Gasteiger partial charge in [0.1, 0.15) is 11.5 Å². The second-order valence-electron chi connectivity index (χ2n) is 13.6. The van der Waals surface area contributed by atoms with Gasteiger partial charge >= 0.3 is 0 Å². The first-order chi connectivity index (χ1) is 25.3. The fourth-order valence-corrected chi connectivity index (χ4v) is 8.95. The van der Waals surface area contributed by atoms with E-state index < -0.39 is 5.41 Å². The van der Waals surface area contributed by atoms with Crippen LogP contribution in [0.5, 0.6) is 11.5 Å². The highest BCUT2D eigenvalue weighted by Crippen LogP contribution is 2.64. The quantitative estimate of drug-likeness (QED) is 0.186. The van der Waals surface area contributed by atoms with Gasteiger partial charge in [-0.05, 0) is 81.4 Å². The molecule has 1 aliphatic carbocycles. The first-order valence-electron chi connectivity index (χ1n) is 17.6. The number of para-hydroxylation sites is 2. The normalized spacial score (nSPS) is 13.4. The average molecular weight is 650 g/mol. The number of hydrogen-bond acceptors (Lipinski definition) is 1. The molecule has 0 amide bonds. The Morgan fingerprint density at radius 2 is 0.961 bits per heavy atom. The Bertz CT molecular complexity index is 2720. The third kappa shape index (κ3) is 3.87. The number of rotatable bonds is 3. The monoisotopic (exact) mass is 649 g/mol. The van der Waals surface area contributed by atoms with Crippen LogP contribution in [0.25, 0.3) is 60.9 Å². The number of aromatic nitrogens is 1. The lowest BCUT2D eigenvalue weighted by molar-refractivity contribution is 0.436. The van der Waals surface area contributed by atoms with Gasteiger partial charge in [-0.1, -0.05) is 146 Å². The van der Waals surface area contributed by atoms with Crippen LogP contribution in [-0.4, -0.2) is 4.57 Å². The summed E-state index contributed by atoms with van der Waals surface area (Å²) in [5.41, 5.74) is 15.1. The average Bonchev–Trinajstić information content (AvgIpc) is 3.70. The first kappa shape index (κ1) is 28.2. The van der Waals surface area contributed by atoms with Gasteiger partial charge in [-0.2, -0.15) is 0 Å². The molecule has 1 aliphatic heterocycles. The molecule has 51 heavy (non-hydrogen) atoms. The molecule has 2 heteroatoms. The molecule has 1 spiro atoms. The summed E-state index contributed by atoms with van der Waals surface area (Å²) in [6.07, 6.45) is 0. The van der Waals surface area contributed by atoms with E-state index in [1.807, 2.05) is 0 Å². The molecule has 0 fully saturated rings. The van der Waals surface area contributed by atoms with Gasteiger partial charge in [-0.15, -0.1) is 0 Å². The van der Waals surface area contributed by atoms with Crippen LogP contribution >= 0.6 is 0 Å². The Balaban J connectivity index is 1.32. The molecule has 8 aromatic carbocycles. The van der Waals surface area contributed by atoms with Gasteiger partial charge in [0.2, 0.25) is 0 Å². The first-order valence-corrected chi connectivity index (χ1v) is 17.6. The number of ether oxygens (including phenoxy) is 1. The third-order valence-electron chi connectivity index (χ3n) is 11.1. The van der Waals surface area contributed by atoms with Crippen molar-refractivity contribution in [1.82, 2.24) is 4.57 Å². The van der Waals surface area contributed by atoms with Crippen LogP contribution in [0.2, 0.25) is 0 Å². The second kappa shape index (κ2) is 10.7. The Labute approximate surface area is 296 Å². The summed E-state index contributed by atoms with van der Waals surface area (Å²) in [7, 11) is 0. The molecule has 2 aliphatic rings. The Kier molecular flexibility index (Phi) is 5.91. The molecule has 0 bridgehead atoms. The maximum Gasteiger partial charge on any atom is 0.132 e. The van der Waals surface area contributed by atoms with Crippen LogP contribution < -0.4 is 4.74 Å². The van der Waals surface area contributed by atoms with Gasteiger partial charge in [0.25, 0.3) is 0 Å². The molecular formula is C49H31NO. The van der Waals surface area contributed by atoms with Crippen molar-refractivity contribution < 1.29 is 4.74 Å². The van der Waals surface area contributed by atoms with Crippen molar-refractivity contribution in [3.8, 4) is 50.6 Å². The molecule has 9 aromatic rings. The minimum atomic E-state index is -0.628. The van der Waals surface area contributed by atoms with Crippen molar-refractivity contribution in [3.63, 3.8) is 0 Å². The summed E-state index contributed by atoms with van der Waals surface area (Å²) >= 11 is 0. The Morgan fingerprint density at radius 1 is 0.392 bits per heavy atom. The van der Waals surface area contributed by atoms with Crippen LogP contribution in [0.1, 0.15) is 22.3 Å². The zero-order valence-electron chi connectivity index (χ0n) is 27.8. The van der Waals surface area contributed by atoms with Gasteiger partial charge in [-0.25, -0.2) is 0 Å². The summed E-state index contributed by atoms with van der Waals surface area (Å²) in [4.78, 5) is 0. The fourth-order valence-electron chi connectivity index (χ4n) is 8.95. The lowest BCUT2D eigenvalue weighted by Crippen LogP contribution is -2.32. The van der Waals surface area contributed by atoms with E-state index in [0.29, 0.717) is 0 Å². The fraction of sp³-hybridized carbons (Fsp3) is 0.0204. The number of nitrogens with zero attached hydrogens (tertiary/aromatic N) is 1. The highest BCUT2D eigenvalue weighted by atomic mass is 16.5. The second-order valence-corrected chi connectivity index (χ2v) is 13.6. The number of benzene rings is 8. The molecule has 0 radical (unpaired) electrons. The largest absolute Gasteiger partial charge is 0.457 e. The maximum absolute atomic E-state index is 6.90. The molecule has 1 aromatic heterocycles. The van der Waals surface area contributed by atoms with Crippen LogP contribution in [0.4, 0.5) is 0 Å². The van der Waals surface area contributed by atoms with E-state index >= 15 is 0 Å². The van der Waals surface area contributed by atoms with E-state index in [9.17, 15) is 0 Å². The zero-order valence-corrected chi connectivity index (χ0v) is 27.8. The van der Waals surface area contributed by atoms with E-state index in [2.05, 4.69) is 193 Å². The number of fused-ring (bicyclic) bond motifs is 13. The molecule has 238 valence electrons. The maximum atomic E-state index is 6.90. The predicted octanol–water partition coefficient (Wildman–Crippen LogP) is 12.6. The Hall–Kier alpha value is -6.64. The van der Waals surface area contributed by atoms with Gasteiger partial charge in [-0.3, -0.25) is 0 Å². The smallest absolute Gasteiger partial charge is 0.132 e. The summed E-state index contributed by atoms with van der Waals surface area (Å²) in [6.45, 7) is 0. The van der Waals surface area contributed by atoms with Crippen molar-refractivity contribution in [2.45, 2.75) is 5.41 Å². The molecule has 11 rings (SSSR count). The summed E-state index contributed by atoms with van der Waals surface area (Å²) < 4.78 is 9.37. The highest BCUT2D eigenvalue weighted by Gasteiger charge is 2.52. The van der Waals surface area contributed by atoms with Crippen LogP contribution in [0.15, 0.2) is 188 Å². The molecule has 0 N–H and O–H groups in total. The van der Waals surface area contributed by atoms with Crippen LogP contribution in [0.3, 0.4) is 0 Å². The standard InChI is InChI=1S/C49H31NO/c1-4-14-32(15-5-1)34-24-28-45-42(30-34)49(43-31-35(25-29-46(43)51-45)33-16-6-2-7-17-33)40-22-12-10-21-39(40)47-41(49)27-26-38-37-20-11-13-23-44(37)50(48(38)47)36-18-8-3-9-19-36/h1-31H. The molecule has 0 atom stereocenters. The molecule has 0 unspecified atom stereocenters. The van der Waals surface area contributed by atoms with Crippen molar-refractivity contribution in [2.75, 3.05) is 0 Å². The molecule has 0 saturated heterocycles. The number of hydrogen-bond donors (Lipinski definition) is 0. The molecule has 0 saturated carbocycles. The summed E-state index contributed by atoms with van der Waals surface area (Å²) in [5.74, 6) is 1.78. The van der Waals surface area contributed by atoms with Gasteiger partial charge < -0.3 is 9.30 Å². The van der Waals surface area contributed by atoms with E-state index in [1.54, 1.807) is 0 Å². The minimum absolute atomic E-state index is 0.628. The van der Waals surface area contributed by atoms with Crippen LogP contribution in [-0.2, 0) is 5.41 Å². The van der Waals surface area contributed by atoms with Crippen molar-refractivity contribution in [3.05, 3.63) is 210 Å². The molecule has 2 nitrogen and oxygen atoms in total. The van der Waals surface area contributed by atoms with E-state index in [0.717, 1.165) is 28.3 Å². The van der Waals surface area contributed by atoms with Gasteiger partial charge in [0.05, 0.1) is 16.4 Å². The van der Waals surface area contributed by atoms with E-state index in [1.165, 1.54) is 66.3 Å². The van der Waals surface area contributed by atoms with E-state index in [-0.39, 0.29) is 0 Å². The van der Waals surface area contributed by atoms with Gasteiger partial charge in [0, 0.05) is 33.2 Å². The van der Waals surface area contributed by atoms with Crippen molar-refractivity contribution in [1.29, 1.82) is 0 Å². The predicted molar refractivity (Wildman–Crippen MR) is 209 cm³/mol. The summed E-state index contributed by atoms with van der Waals surface area (Å²) in [6, 6.07) is 68.3. The molecule has 2 heterocycles. The minimum Gasteiger partial charge on any atom is -0.457 e. The van der Waals surface area contributed by atoms with E-state index in [4.69, 9.17) is 4.74 Å². The lowest BCUT2D eigenvalue weighted by atomic mass is 9.65. The molecular weight excluding hydrogens is 619 g/mol.